The van der Waals surface area contributed by atoms with Gasteiger partial charge in [0.2, 0.25) is 0 Å². The average molecular weight is 1080 g/mol. The Morgan fingerprint density at radius 3 is 1.72 bits per heavy atom. The number of fused-ring (bicyclic) bond motifs is 4. The van der Waals surface area contributed by atoms with Crippen molar-refractivity contribution in [1.29, 1.82) is 0 Å². The quantitative estimate of drug-likeness (QED) is 0.144. The summed E-state index contributed by atoms with van der Waals surface area (Å²) in [5.41, 5.74) is 20.0. The minimum Gasteiger partial charge on any atom is -0.457 e. The van der Waals surface area contributed by atoms with Gasteiger partial charge in [-0.1, -0.05) is 216 Å². The van der Waals surface area contributed by atoms with E-state index in [1.165, 1.54) is 55.8 Å². The van der Waals surface area contributed by atoms with Crippen molar-refractivity contribution in [2.75, 3.05) is 16.5 Å². The van der Waals surface area contributed by atoms with Crippen LogP contribution in [0.1, 0.15) is 115 Å². The van der Waals surface area contributed by atoms with Gasteiger partial charge in [-0.2, -0.15) is 0 Å². The number of aromatic nitrogens is 2. The first-order valence-electron chi connectivity index (χ1n) is 30.4. The molecule has 9 aromatic carbocycles. The van der Waals surface area contributed by atoms with Gasteiger partial charge in [0, 0.05) is 55.6 Å². The minimum atomic E-state index is -2.22. The minimum absolute atomic E-state index is 0.0515. The molecule has 0 fully saturated rings. The Morgan fingerprint density at radius 1 is 0.415 bits per heavy atom. The van der Waals surface area contributed by atoms with Crippen LogP contribution in [0.15, 0.2) is 212 Å². The maximum absolute atomic E-state index is 8.13. The summed E-state index contributed by atoms with van der Waals surface area (Å²) in [6, 6.07) is 73.5. The zero-order chi connectivity index (χ0) is 60.0. The molecule has 0 radical (unpaired) electrons. The Bertz CT molecular complexity index is 4350. The van der Waals surface area contributed by atoms with E-state index < -0.39 is 6.85 Å². The molecule has 11 aromatic rings. The van der Waals surface area contributed by atoms with Gasteiger partial charge in [-0.15, -0.1) is 0 Å². The van der Waals surface area contributed by atoms with Crippen molar-refractivity contribution >= 4 is 44.6 Å². The second-order valence-corrected chi connectivity index (χ2v) is 26.4. The molecule has 3 heterocycles. The Labute approximate surface area is 490 Å². The topological polar surface area (TPSA) is 33.5 Å². The van der Waals surface area contributed by atoms with E-state index in [2.05, 4.69) is 273 Å². The monoisotopic (exact) mass is 1080 g/mol. The third kappa shape index (κ3) is 10.2. The molecule has 0 atom stereocenters. The number of benzene rings is 9. The van der Waals surface area contributed by atoms with Crippen LogP contribution in [0.2, 0.25) is 0 Å². The van der Waals surface area contributed by atoms with Gasteiger partial charge in [0.1, 0.15) is 24.0 Å². The van der Waals surface area contributed by atoms with Gasteiger partial charge in [0.15, 0.2) is 0 Å². The Kier molecular flexibility index (Phi) is 12.5. The molecule has 5 nitrogen and oxygen atoms in total. The zero-order valence-corrected chi connectivity index (χ0v) is 49.6. The van der Waals surface area contributed by atoms with Crippen LogP contribution in [0.4, 0.5) is 22.7 Å². The summed E-state index contributed by atoms with van der Waals surface area (Å²) in [6.45, 7) is 25.8. The van der Waals surface area contributed by atoms with E-state index in [1.807, 2.05) is 24.4 Å². The van der Waals surface area contributed by atoms with Gasteiger partial charge < -0.3 is 14.5 Å². The summed E-state index contributed by atoms with van der Waals surface area (Å²) >= 11 is 0. The lowest BCUT2D eigenvalue weighted by Crippen LogP contribution is -2.25. The molecule has 2 aromatic heterocycles. The predicted octanol–water partition coefficient (Wildman–Crippen LogP) is 21.4. The SMILES string of the molecule is [2H]C([2H])([2H])c1cccc(-c2cnc(-n3c4ccccc4c4ccc(Oc5cccc(N6CN(c7c(-c8cccc(C(C)(C)C)c8)cc(C(C)(C)C)cc7-c7ccc(-c8ccccc8)c(C(C)(C)C)c7)c7ccccc76)c5)cc43)cc2C(C)(C)C)c1. The molecule has 1 aliphatic rings. The lowest BCUT2D eigenvalue weighted by molar-refractivity contribution is 0.483. The number of ether oxygens (including phenoxy) is 1. The number of anilines is 4. The van der Waals surface area contributed by atoms with Crippen LogP contribution in [0, 0.1) is 6.85 Å². The van der Waals surface area contributed by atoms with Crippen molar-refractivity contribution in [3.63, 3.8) is 0 Å². The number of hydrogen-bond acceptors (Lipinski definition) is 4. The van der Waals surface area contributed by atoms with Crippen LogP contribution in [-0.2, 0) is 21.7 Å². The summed E-state index contributed by atoms with van der Waals surface area (Å²) in [4.78, 5) is 10.1. The lowest BCUT2D eigenvalue weighted by atomic mass is 9.78. The molecule has 82 heavy (non-hydrogen) atoms. The maximum atomic E-state index is 8.13. The second kappa shape index (κ2) is 20.4. The highest BCUT2D eigenvalue weighted by molar-refractivity contribution is 6.09. The molecule has 0 N–H and O–H groups in total. The Hall–Kier alpha value is -8.67. The van der Waals surface area contributed by atoms with Crippen LogP contribution >= 0.6 is 0 Å². The Morgan fingerprint density at radius 2 is 1.01 bits per heavy atom. The number of para-hydroxylation sites is 3. The summed E-state index contributed by atoms with van der Waals surface area (Å²) in [7, 11) is 0. The van der Waals surface area contributed by atoms with E-state index in [-0.39, 0.29) is 21.7 Å². The molecule has 1 aliphatic heterocycles. The molecule has 0 saturated carbocycles. The molecular weight excluding hydrogens is 997 g/mol. The number of pyridine rings is 1. The van der Waals surface area contributed by atoms with Crippen molar-refractivity contribution in [2.45, 2.75) is 112 Å². The molecule has 12 rings (SSSR count). The molecule has 0 amide bonds. The first kappa shape index (κ1) is 50.3. The predicted molar refractivity (Wildman–Crippen MR) is 348 cm³/mol. The highest BCUT2D eigenvalue weighted by Gasteiger charge is 2.34. The second-order valence-electron chi connectivity index (χ2n) is 26.4. The standard InChI is InChI=1S/C77H76N4O/c1-50-24-21-27-52(40-50)65-48-78-72(47-67(65)77(11,12)13)81-68-33-18-17-32-61(68)62-39-37-59(46-71(62)81)82-58-31-23-30-57(45-58)79-49-80(70-35-20-19-34-69(70)79)73-63(53-28-22-29-55(41-53)74(2,3)4)43-56(75(5,6)7)44-64(73)54-36-38-60(51-25-15-14-16-26-51)66(42-54)76(8,9)10/h14-48H,49H2,1-13H3/i1D3. The van der Waals surface area contributed by atoms with Crippen LogP contribution in [0.25, 0.3) is 72.1 Å². The van der Waals surface area contributed by atoms with E-state index in [0.717, 1.165) is 67.1 Å². The largest absolute Gasteiger partial charge is 0.457 e. The van der Waals surface area contributed by atoms with Crippen molar-refractivity contribution in [1.82, 2.24) is 9.55 Å². The zero-order valence-electron chi connectivity index (χ0n) is 52.6. The van der Waals surface area contributed by atoms with Gasteiger partial charge in [0.25, 0.3) is 0 Å². The summed E-state index contributed by atoms with van der Waals surface area (Å²) in [6.07, 6.45) is 1.90. The van der Waals surface area contributed by atoms with Gasteiger partial charge >= 0.3 is 0 Å². The molecule has 0 saturated heterocycles. The molecule has 0 aliphatic carbocycles. The van der Waals surface area contributed by atoms with Crippen LogP contribution < -0.4 is 14.5 Å². The van der Waals surface area contributed by atoms with Crippen molar-refractivity contribution in [3.05, 3.63) is 240 Å². The number of hydrogen-bond donors (Lipinski definition) is 0. The third-order valence-electron chi connectivity index (χ3n) is 16.4. The van der Waals surface area contributed by atoms with Crippen LogP contribution in [-0.4, -0.2) is 16.2 Å². The van der Waals surface area contributed by atoms with Crippen molar-refractivity contribution in [2.24, 2.45) is 0 Å². The van der Waals surface area contributed by atoms with E-state index in [1.54, 1.807) is 12.1 Å². The molecule has 0 spiro atoms. The summed E-state index contributed by atoms with van der Waals surface area (Å²) in [5, 5.41) is 2.19. The van der Waals surface area contributed by atoms with Gasteiger partial charge in [-0.05, 0) is 145 Å². The first-order chi connectivity index (χ1) is 40.3. The molecule has 5 heteroatoms. The fourth-order valence-electron chi connectivity index (χ4n) is 12.0. The Balaban J connectivity index is 0.963. The van der Waals surface area contributed by atoms with E-state index in [9.17, 15) is 0 Å². The maximum Gasteiger partial charge on any atom is 0.137 e. The molecular formula is C77H76N4O. The molecule has 0 unspecified atom stereocenters. The van der Waals surface area contributed by atoms with Gasteiger partial charge in [-0.25, -0.2) is 4.98 Å². The van der Waals surface area contributed by atoms with Crippen LogP contribution in [0.3, 0.4) is 0 Å². The number of aryl methyl sites for hydroxylation is 1. The third-order valence-corrected chi connectivity index (χ3v) is 16.4. The number of rotatable bonds is 9. The van der Waals surface area contributed by atoms with E-state index in [4.69, 9.17) is 13.8 Å². The normalized spacial score (nSPS) is 13.8. The molecule has 410 valence electrons. The van der Waals surface area contributed by atoms with Crippen molar-refractivity contribution in [3.8, 4) is 61.8 Å². The lowest BCUT2D eigenvalue weighted by Gasteiger charge is -2.31. The first-order valence-corrected chi connectivity index (χ1v) is 28.9. The van der Waals surface area contributed by atoms with Gasteiger partial charge in [-0.3, -0.25) is 4.57 Å². The molecule has 0 bridgehead atoms. The fraction of sp³-hybridized carbons (Fsp3) is 0.234. The highest BCUT2D eigenvalue weighted by Crippen LogP contribution is 2.53. The van der Waals surface area contributed by atoms with Gasteiger partial charge in [0.05, 0.1) is 28.1 Å². The average Bonchev–Trinajstić information content (AvgIpc) is 2.38. The van der Waals surface area contributed by atoms with E-state index in [0.29, 0.717) is 18.0 Å². The smallest absolute Gasteiger partial charge is 0.137 e. The highest BCUT2D eigenvalue weighted by atomic mass is 16.5. The summed E-state index contributed by atoms with van der Waals surface area (Å²) < 4.78 is 33.6. The number of nitrogens with zero attached hydrogens (tertiary/aromatic N) is 4. The van der Waals surface area contributed by atoms with Crippen LogP contribution in [0.5, 0.6) is 11.5 Å². The van der Waals surface area contributed by atoms with Crippen molar-refractivity contribution < 1.29 is 8.85 Å². The summed E-state index contributed by atoms with van der Waals surface area (Å²) in [5.74, 6) is 2.18. The fourth-order valence-corrected chi connectivity index (χ4v) is 12.0. The van der Waals surface area contributed by atoms with E-state index >= 15 is 0 Å².